The lowest BCUT2D eigenvalue weighted by Crippen LogP contribution is -2.43. The van der Waals surface area contributed by atoms with E-state index >= 15 is 0 Å². The molecule has 80 valence electrons. The van der Waals surface area contributed by atoms with Gasteiger partial charge in [0.05, 0.1) is 5.92 Å². The van der Waals surface area contributed by atoms with E-state index in [1.54, 1.807) is 0 Å². The van der Waals surface area contributed by atoms with Gasteiger partial charge in [-0.3, -0.25) is 4.79 Å². The monoisotopic (exact) mass is 196 g/mol. The molecule has 1 saturated heterocycles. The first-order valence-electron chi connectivity index (χ1n) is 5.83. The van der Waals surface area contributed by atoms with Crippen molar-refractivity contribution in [3.05, 3.63) is 0 Å². The van der Waals surface area contributed by atoms with Gasteiger partial charge in [-0.25, -0.2) is 0 Å². The molecule has 0 aromatic heterocycles. The first kappa shape index (κ1) is 9.97. The van der Waals surface area contributed by atoms with E-state index in [1.807, 2.05) is 4.90 Å². The zero-order chi connectivity index (χ0) is 9.97. The third kappa shape index (κ3) is 1.92. The molecule has 2 rings (SSSR count). The van der Waals surface area contributed by atoms with Crippen molar-refractivity contribution < 1.29 is 4.79 Å². The van der Waals surface area contributed by atoms with E-state index in [1.165, 1.54) is 19.3 Å². The van der Waals surface area contributed by atoms with Gasteiger partial charge in [0.1, 0.15) is 0 Å². The van der Waals surface area contributed by atoms with Crippen LogP contribution in [0.4, 0.5) is 0 Å². The van der Waals surface area contributed by atoms with Crippen LogP contribution in [0.15, 0.2) is 0 Å². The summed E-state index contributed by atoms with van der Waals surface area (Å²) in [5, 5.41) is 0. The molecule has 0 aromatic rings. The van der Waals surface area contributed by atoms with Crippen LogP contribution >= 0.6 is 0 Å². The van der Waals surface area contributed by atoms with Crippen LogP contribution in [0.5, 0.6) is 0 Å². The molecule has 0 spiro atoms. The molecule has 1 saturated carbocycles. The number of nitrogens with two attached hydrogens (primary N) is 1. The lowest BCUT2D eigenvalue weighted by Gasteiger charge is -2.30. The molecule has 1 amide bonds. The summed E-state index contributed by atoms with van der Waals surface area (Å²) >= 11 is 0. The second-order valence-corrected chi connectivity index (χ2v) is 4.59. The maximum Gasteiger partial charge on any atom is 0.227 e. The number of amides is 1. The molecule has 0 aromatic carbocycles. The zero-order valence-corrected chi connectivity index (χ0v) is 8.74. The van der Waals surface area contributed by atoms with Gasteiger partial charge < -0.3 is 10.6 Å². The summed E-state index contributed by atoms with van der Waals surface area (Å²) in [5.41, 5.74) is 5.94. The zero-order valence-electron chi connectivity index (χ0n) is 8.74. The van der Waals surface area contributed by atoms with Crippen LogP contribution in [0, 0.1) is 5.92 Å². The van der Waals surface area contributed by atoms with Gasteiger partial charge in [-0.2, -0.15) is 0 Å². The highest BCUT2D eigenvalue weighted by atomic mass is 16.2. The second kappa shape index (κ2) is 4.30. The van der Waals surface area contributed by atoms with Crippen LogP contribution in [0.2, 0.25) is 0 Å². The fourth-order valence-corrected chi connectivity index (χ4v) is 2.64. The van der Waals surface area contributed by atoms with Crippen LogP contribution in [-0.2, 0) is 4.79 Å². The predicted molar refractivity (Wildman–Crippen MR) is 55.7 cm³/mol. The Morgan fingerprint density at radius 1 is 1.07 bits per heavy atom. The molecule has 2 unspecified atom stereocenters. The molecule has 0 bridgehead atoms. The Morgan fingerprint density at radius 3 is 2.36 bits per heavy atom. The van der Waals surface area contributed by atoms with Crippen molar-refractivity contribution in [1.82, 2.24) is 4.90 Å². The number of hydrogen-bond acceptors (Lipinski definition) is 2. The molecule has 2 N–H and O–H groups in total. The summed E-state index contributed by atoms with van der Waals surface area (Å²) < 4.78 is 0. The van der Waals surface area contributed by atoms with Crippen LogP contribution in [0.3, 0.4) is 0 Å². The average molecular weight is 196 g/mol. The van der Waals surface area contributed by atoms with E-state index in [2.05, 4.69) is 0 Å². The van der Waals surface area contributed by atoms with Crippen LogP contribution < -0.4 is 5.73 Å². The molecule has 2 atom stereocenters. The standard InChI is InChI=1S/C11H20N2O/c12-10-6-4-5-9(10)11(14)13-7-2-1-3-8-13/h9-10H,1-8,12H2. The minimum absolute atomic E-state index is 0.129. The van der Waals surface area contributed by atoms with E-state index in [4.69, 9.17) is 5.73 Å². The molecule has 1 aliphatic heterocycles. The molecule has 2 aliphatic rings. The maximum atomic E-state index is 12.1. The lowest BCUT2D eigenvalue weighted by molar-refractivity contribution is -0.136. The SMILES string of the molecule is NC1CCCC1C(=O)N1CCCCC1. The van der Waals surface area contributed by atoms with Gasteiger partial charge in [-0.05, 0) is 32.1 Å². The largest absolute Gasteiger partial charge is 0.342 e. The summed E-state index contributed by atoms with van der Waals surface area (Å²) in [6, 6.07) is 0.129. The van der Waals surface area contributed by atoms with Crippen molar-refractivity contribution in [2.75, 3.05) is 13.1 Å². The molecular formula is C11H20N2O. The Kier molecular flexibility index (Phi) is 3.06. The van der Waals surface area contributed by atoms with Gasteiger partial charge in [-0.15, -0.1) is 0 Å². The summed E-state index contributed by atoms with van der Waals surface area (Å²) in [6.07, 6.45) is 6.80. The van der Waals surface area contributed by atoms with E-state index in [9.17, 15) is 4.79 Å². The van der Waals surface area contributed by atoms with E-state index < -0.39 is 0 Å². The number of carbonyl (C=O) groups excluding carboxylic acids is 1. The van der Waals surface area contributed by atoms with E-state index in [0.29, 0.717) is 5.91 Å². The number of piperidine rings is 1. The normalized spacial score (nSPS) is 33.4. The Hall–Kier alpha value is -0.570. The third-order valence-electron chi connectivity index (χ3n) is 3.55. The number of nitrogens with zero attached hydrogens (tertiary/aromatic N) is 1. The predicted octanol–water partition coefficient (Wildman–Crippen LogP) is 1.13. The van der Waals surface area contributed by atoms with Gasteiger partial charge in [0.15, 0.2) is 0 Å². The Bertz CT molecular complexity index is 211. The van der Waals surface area contributed by atoms with Crippen molar-refractivity contribution >= 4 is 5.91 Å². The highest BCUT2D eigenvalue weighted by Crippen LogP contribution is 2.26. The molecule has 14 heavy (non-hydrogen) atoms. The summed E-state index contributed by atoms with van der Waals surface area (Å²) in [5.74, 6) is 0.461. The van der Waals surface area contributed by atoms with Crippen molar-refractivity contribution in [1.29, 1.82) is 0 Å². The smallest absolute Gasteiger partial charge is 0.227 e. The molecule has 1 heterocycles. The van der Waals surface area contributed by atoms with Crippen molar-refractivity contribution in [3.63, 3.8) is 0 Å². The molecule has 0 radical (unpaired) electrons. The second-order valence-electron chi connectivity index (χ2n) is 4.59. The first-order valence-corrected chi connectivity index (χ1v) is 5.83. The van der Waals surface area contributed by atoms with Gasteiger partial charge in [-0.1, -0.05) is 6.42 Å². The van der Waals surface area contributed by atoms with Gasteiger partial charge >= 0.3 is 0 Å². The fourth-order valence-electron chi connectivity index (χ4n) is 2.64. The average Bonchev–Trinajstić information content (AvgIpc) is 2.65. The topological polar surface area (TPSA) is 46.3 Å². The molecule has 3 nitrogen and oxygen atoms in total. The first-order chi connectivity index (χ1) is 6.79. The number of carbonyl (C=O) groups is 1. The molecule has 1 aliphatic carbocycles. The van der Waals surface area contributed by atoms with Crippen molar-refractivity contribution in [2.45, 2.75) is 44.6 Å². The van der Waals surface area contributed by atoms with Crippen LogP contribution in [0.1, 0.15) is 38.5 Å². The minimum Gasteiger partial charge on any atom is -0.342 e. The van der Waals surface area contributed by atoms with Crippen LogP contribution in [0.25, 0.3) is 0 Å². The maximum absolute atomic E-state index is 12.1. The Morgan fingerprint density at radius 2 is 1.79 bits per heavy atom. The summed E-state index contributed by atoms with van der Waals surface area (Å²) in [6.45, 7) is 1.92. The number of rotatable bonds is 1. The van der Waals surface area contributed by atoms with Gasteiger partial charge in [0.2, 0.25) is 5.91 Å². The van der Waals surface area contributed by atoms with E-state index in [-0.39, 0.29) is 12.0 Å². The Balaban J connectivity index is 1.92. The van der Waals surface area contributed by atoms with Crippen molar-refractivity contribution in [2.24, 2.45) is 11.7 Å². The van der Waals surface area contributed by atoms with E-state index in [0.717, 1.165) is 32.4 Å². The van der Waals surface area contributed by atoms with Crippen molar-refractivity contribution in [3.8, 4) is 0 Å². The highest BCUT2D eigenvalue weighted by molar-refractivity contribution is 5.80. The number of likely N-dealkylation sites (tertiary alicyclic amines) is 1. The Labute approximate surface area is 85.6 Å². The lowest BCUT2D eigenvalue weighted by atomic mass is 10.0. The molecule has 3 heteroatoms. The number of hydrogen-bond donors (Lipinski definition) is 1. The minimum atomic E-state index is 0.129. The molecule has 2 fully saturated rings. The summed E-state index contributed by atoms with van der Waals surface area (Å²) in [7, 11) is 0. The van der Waals surface area contributed by atoms with Gasteiger partial charge in [0.25, 0.3) is 0 Å². The fraction of sp³-hybridized carbons (Fsp3) is 0.909. The van der Waals surface area contributed by atoms with Gasteiger partial charge in [0, 0.05) is 19.1 Å². The highest BCUT2D eigenvalue weighted by Gasteiger charge is 2.33. The third-order valence-corrected chi connectivity index (χ3v) is 3.55. The van der Waals surface area contributed by atoms with Crippen LogP contribution in [-0.4, -0.2) is 29.9 Å². The quantitative estimate of drug-likeness (QED) is 0.683. The summed E-state index contributed by atoms with van der Waals surface area (Å²) in [4.78, 5) is 14.1. The molecular weight excluding hydrogens is 176 g/mol.